The second kappa shape index (κ2) is 3.61. The molecule has 4 heteroatoms. The van der Waals surface area contributed by atoms with Gasteiger partial charge in [0.05, 0.1) is 6.10 Å². The SMILES string of the molecule is [B]c1cnc(N2CC(O)C2)c(CC)c1. The summed E-state index contributed by atoms with van der Waals surface area (Å²) < 4.78 is 0. The fourth-order valence-electron chi connectivity index (χ4n) is 1.69. The maximum absolute atomic E-state index is 9.20. The zero-order valence-electron chi connectivity index (χ0n) is 8.27. The van der Waals surface area contributed by atoms with E-state index in [0.717, 1.165) is 17.8 Å². The van der Waals surface area contributed by atoms with E-state index in [0.29, 0.717) is 18.6 Å². The van der Waals surface area contributed by atoms with Crippen molar-refractivity contribution in [3.05, 3.63) is 17.8 Å². The van der Waals surface area contributed by atoms with Gasteiger partial charge in [0.1, 0.15) is 13.7 Å². The molecule has 0 spiro atoms. The molecule has 2 rings (SSSR count). The van der Waals surface area contributed by atoms with Gasteiger partial charge in [-0.2, -0.15) is 0 Å². The van der Waals surface area contributed by atoms with Gasteiger partial charge in [-0.1, -0.05) is 18.5 Å². The first-order chi connectivity index (χ1) is 6.70. The molecule has 0 unspecified atom stereocenters. The van der Waals surface area contributed by atoms with Gasteiger partial charge in [-0.3, -0.25) is 0 Å². The van der Waals surface area contributed by atoms with Gasteiger partial charge in [-0.15, -0.1) is 0 Å². The molecule has 2 radical (unpaired) electrons. The number of hydrogen-bond donors (Lipinski definition) is 1. The molecule has 1 saturated heterocycles. The van der Waals surface area contributed by atoms with Crippen LogP contribution in [0.4, 0.5) is 5.82 Å². The Morgan fingerprint density at radius 2 is 2.36 bits per heavy atom. The molecule has 14 heavy (non-hydrogen) atoms. The first-order valence-electron chi connectivity index (χ1n) is 4.88. The molecule has 0 aliphatic carbocycles. The Kier molecular flexibility index (Phi) is 2.46. The number of anilines is 1. The number of pyridine rings is 1. The van der Waals surface area contributed by atoms with Gasteiger partial charge in [0.25, 0.3) is 0 Å². The van der Waals surface area contributed by atoms with Crippen LogP contribution < -0.4 is 10.4 Å². The number of nitrogens with zero attached hydrogens (tertiary/aromatic N) is 2. The molecular weight excluding hydrogens is 175 g/mol. The third kappa shape index (κ3) is 1.62. The monoisotopic (exact) mass is 188 g/mol. The lowest BCUT2D eigenvalue weighted by Crippen LogP contribution is -2.51. The van der Waals surface area contributed by atoms with Gasteiger partial charge >= 0.3 is 0 Å². The highest BCUT2D eigenvalue weighted by Gasteiger charge is 2.26. The summed E-state index contributed by atoms with van der Waals surface area (Å²) in [7, 11) is 5.66. The van der Waals surface area contributed by atoms with E-state index in [2.05, 4.69) is 16.8 Å². The van der Waals surface area contributed by atoms with E-state index < -0.39 is 0 Å². The van der Waals surface area contributed by atoms with Crippen molar-refractivity contribution in [2.75, 3.05) is 18.0 Å². The Morgan fingerprint density at radius 1 is 1.64 bits per heavy atom. The van der Waals surface area contributed by atoms with E-state index in [9.17, 15) is 5.11 Å². The quantitative estimate of drug-likeness (QED) is 0.642. The molecule has 1 aromatic heterocycles. The summed E-state index contributed by atoms with van der Waals surface area (Å²) in [5, 5.41) is 9.20. The molecule has 0 aromatic carbocycles. The molecule has 1 fully saturated rings. The molecule has 72 valence electrons. The highest BCUT2D eigenvalue weighted by Crippen LogP contribution is 2.22. The first kappa shape index (κ1) is 9.53. The summed E-state index contributed by atoms with van der Waals surface area (Å²) in [4.78, 5) is 6.37. The predicted octanol–water partition coefficient (Wildman–Crippen LogP) is -0.381. The number of β-amino-alcohol motifs (C(OH)–C–C–N with tert-alkyl or cyclic N) is 1. The lowest BCUT2D eigenvalue weighted by molar-refractivity contribution is 0.141. The Balaban J connectivity index is 2.24. The van der Waals surface area contributed by atoms with E-state index in [1.54, 1.807) is 6.20 Å². The average Bonchev–Trinajstić information content (AvgIpc) is 2.13. The molecule has 3 nitrogen and oxygen atoms in total. The Labute approximate surface area is 85.2 Å². The number of aliphatic hydroxyl groups excluding tert-OH is 1. The van der Waals surface area contributed by atoms with Crippen LogP contribution in [0.1, 0.15) is 12.5 Å². The molecule has 0 saturated carbocycles. The van der Waals surface area contributed by atoms with Crippen molar-refractivity contribution < 1.29 is 5.11 Å². The fraction of sp³-hybridized carbons (Fsp3) is 0.500. The van der Waals surface area contributed by atoms with E-state index >= 15 is 0 Å². The largest absolute Gasteiger partial charge is 0.389 e. The van der Waals surface area contributed by atoms with Crippen molar-refractivity contribution in [1.82, 2.24) is 4.98 Å². The molecule has 0 atom stereocenters. The molecule has 0 bridgehead atoms. The maximum atomic E-state index is 9.20. The molecule has 1 N–H and O–H groups in total. The second-order valence-corrected chi connectivity index (χ2v) is 3.66. The van der Waals surface area contributed by atoms with E-state index in [1.807, 2.05) is 6.07 Å². The molecule has 1 aliphatic heterocycles. The van der Waals surface area contributed by atoms with Gasteiger partial charge in [0, 0.05) is 19.3 Å². The normalized spacial score (nSPS) is 16.9. The minimum absolute atomic E-state index is 0.195. The summed E-state index contributed by atoms with van der Waals surface area (Å²) in [6, 6.07) is 1.95. The van der Waals surface area contributed by atoms with Crippen LogP contribution in [0.5, 0.6) is 0 Å². The summed E-state index contributed by atoms with van der Waals surface area (Å²) in [6.07, 6.45) is 2.39. The van der Waals surface area contributed by atoms with Gasteiger partial charge in [-0.25, -0.2) is 4.98 Å². The second-order valence-electron chi connectivity index (χ2n) is 3.66. The van der Waals surface area contributed by atoms with Crippen LogP contribution in [0.15, 0.2) is 12.3 Å². The van der Waals surface area contributed by atoms with E-state index in [1.165, 1.54) is 0 Å². The number of aliphatic hydroxyl groups is 1. The van der Waals surface area contributed by atoms with Crippen molar-refractivity contribution in [2.45, 2.75) is 19.4 Å². The van der Waals surface area contributed by atoms with Crippen LogP contribution in [0.25, 0.3) is 0 Å². The number of aromatic nitrogens is 1. The summed E-state index contributed by atoms with van der Waals surface area (Å²) in [5.41, 5.74) is 1.85. The third-order valence-electron chi connectivity index (χ3n) is 2.51. The van der Waals surface area contributed by atoms with Crippen LogP contribution in [-0.4, -0.2) is 37.1 Å². The Morgan fingerprint density at radius 3 is 2.93 bits per heavy atom. The zero-order valence-corrected chi connectivity index (χ0v) is 8.27. The summed E-state index contributed by atoms with van der Waals surface area (Å²) in [6.45, 7) is 3.45. The van der Waals surface area contributed by atoms with Crippen molar-refractivity contribution in [3.8, 4) is 0 Å². The van der Waals surface area contributed by atoms with E-state index in [4.69, 9.17) is 7.85 Å². The smallest absolute Gasteiger partial charge is 0.131 e. The van der Waals surface area contributed by atoms with Crippen molar-refractivity contribution >= 4 is 19.1 Å². The Bertz CT molecular complexity index is 337. The van der Waals surface area contributed by atoms with Crippen molar-refractivity contribution in [2.24, 2.45) is 0 Å². The summed E-state index contributed by atoms with van der Waals surface area (Å²) in [5.74, 6) is 0.965. The number of hydrogen-bond acceptors (Lipinski definition) is 3. The highest BCUT2D eigenvalue weighted by atomic mass is 16.3. The topological polar surface area (TPSA) is 36.4 Å². The molecule has 1 aromatic rings. The highest BCUT2D eigenvalue weighted by molar-refractivity contribution is 6.32. The minimum Gasteiger partial charge on any atom is -0.389 e. The molecule has 2 heterocycles. The van der Waals surface area contributed by atoms with Crippen LogP contribution >= 0.6 is 0 Å². The number of rotatable bonds is 2. The van der Waals surface area contributed by atoms with E-state index in [-0.39, 0.29) is 6.10 Å². The minimum atomic E-state index is -0.195. The van der Waals surface area contributed by atoms with Crippen molar-refractivity contribution in [3.63, 3.8) is 0 Å². The van der Waals surface area contributed by atoms with Gasteiger partial charge in [0.2, 0.25) is 0 Å². The molecule has 1 aliphatic rings. The lowest BCUT2D eigenvalue weighted by Gasteiger charge is -2.38. The van der Waals surface area contributed by atoms with Gasteiger partial charge in [-0.05, 0) is 12.0 Å². The van der Waals surface area contributed by atoms with Crippen LogP contribution in [0.2, 0.25) is 0 Å². The maximum Gasteiger partial charge on any atom is 0.131 e. The first-order valence-corrected chi connectivity index (χ1v) is 4.88. The van der Waals surface area contributed by atoms with Crippen LogP contribution in [-0.2, 0) is 6.42 Å². The fourth-order valence-corrected chi connectivity index (χ4v) is 1.69. The Hall–Kier alpha value is -1.03. The predicted molar refractivity (Wildman–Crippen MR) is 57.2 cm³/mol. The molecular formula is C10H13BN2O. The summed E-state index contributed by atoms with van der Waals surface area (Å²) >= 11 is 0. The number of aryl methyl sites for hydroxylation is 1. The van der Waals surface area contributed by atoms with Crippen LogP contribution in [0.3, 0.4) is 0 Å². The van der Waals surface area contributed by atoms with Crippen LogP contribution in [0, 0.1) is 0 Å². The van der Waals surface area contributed by atoms with Crippen molar-refractivity contribution in [1.29, 1.82) is 0 Å². The van der Waals surface area contributed by atoms with Gasteiger partial charge < -0.3 is 10.0 Å². The van der Waals surface area contributed by atoms with Gasteiger partial charge in [0.15, 0.2) is 0 Å². The standard InChI is InChI=1S/C10H13BN2O/c1-2-7-3-8(11)4-12-10(7)13-5-9(14)6-13/h3-4,9,14H,2,5-6H2,1H3. The zero-order chi connectivity index (χ0) is 10.1. The third-order valence-corrected chi connectivity index (χ3v) is 2.51. The average molecular weight is 188 g/mol. The lowest BCUT2D eigenvalue weighted by atomic mass is 9.95. The molecule has 0 amide bonds.